The number of nitrogens with one attached hydrogen (secondary N) is 1. The molecule has 0 heterocycles. The first kappa shape index (κ1) is 11.8. The quantitative estimate of drug-likeness (QED) is 0.385. The van der Waals surface area contributed by atoms with Crippen LogP contribution in [0.5, 0.6) is 0 Å². The van der Waals surface area contributed by atoms with Gasteiger partial charge in [0.1, 0.15) is 0 Å². The fourth-order valence-corrected chi connectivity index (χ4v) is 0.767. The number of nitrogens with two attached hydrogens (primary N) is 1. The van der Waals surface area contributed by atoms with Crippen molar-refractivity contribution in [1.82, 2.24) is 5.32 Å². The molecule has 3 nitrogen and oxygen atoms in total. The summed E-state index contributed by atoms with van der Waals surface area (Å²) in [4.78, 5) is 4.15. The van der Waals surface area contributed by atoms with Crippen LogP contribution in [0.25, 0.3) is 0 Å². The Morgan fingerprint density at radius 2 is 2.23 bits per heavy atom. The van der Waals surface area contributed by atoms with Gasteiger partial charge in [-0.25, -0.2) is 0 Å². The zero-order valence-corrected chi connectivity index (χ0v) is 8.67. The number of nitrogens with zero attached hydrogens (tertiary/aromatic N) is 1. The highest BCUT2D eigenvalue weighted by Crippen LogP contribution is 1.91. The Kier molecular flexibility index (Phi) is 5.79. The van der Waals surface area contributed by atoms with Crippen molar-refractivity contribution in [1.29, 1.82) is 0 Å². The van der Waals surface area contributed by atoms with E-state index in [1.807, 2.05) is 6.92 Å². The van der Waals surface area contributed by atoms with Crippen molar-refractivity contribution < 1.29 is 0 Å². The second kappa shape index (κ2) is 6.36. The van der Waals surface area contributed by atoms with Gasteiger partial charge in [0.05, 0.1) is 6.04 Å². The van der Waals surface area contributed by atoms with E-state index in [1.165, 1.54) is 0 Å². The lowest BCUT2D eigenvalue weighted by atomic mass is 10.2. The summed E-state index contributed by atoms with van der Waals surface area (Å²) in [7, 11) is 0. The Morgan fingerprint density at radius 1 is 1.62 bits per heavy atom. The van der Waals surface area contributed by atoms with Gasteiger partial charge in [-0.2, -0.15) is 0 Å². The third kappa shape index (κ3) is 6.03. The minimum absolute atomic E-state index is 0.00378. The van der Waals surface area contributed by atoms with Crippen LogP contribution in [0.3, 0.4) is 0 Å². The Morgan fingerprint density at radius 3 is 2.62 bits per heavy atom. The molecule has 3 heteroatoms. The van der Waals surface area contributed by atoms with Crippen molar-refractivity contribution in [2.75, 3.05) is 6.54 Å². The van der Waals surface area contributed by atoms with Crippen LogP contribution < -0.4 is 11.1 Å². The molecule has 0 aromatic carbocycles. The molecule has 0 amide bonds. The van der Waals surface area contributed by atoms with E-state index < -0.39 is 0 Å². The number of aliphatic imine (C=N–C) groups is 1. The summed E-state index contributed by atoms with van der Waals surface area (Å²) in [5, 5.41) is 2.96. The second-order valence-corrected chi connectivity index (χ2v) is 3.39. The highest BCUT2D eigenvalue weighted by atomic mass is 15.1. The van der Waals surface area contributed by atoms with Crippen molar-refractivity contribution in [2.45, 2.75) is 33.2 Å². The van der Waals surface area contributed by atoms with Crippen molar-refractivity contribution in [2.24, 2.45) is 16.6 Å². The molecule has 0 saturated carbocycles. The number of hydrogen-bond donors (Lipinski definition) is 2. The van der Waals surface area contributed by atoms with E-state index in [0.717, 1.165) is 13.0 Å². The lowest BCUT2D eigenvalue weighted by Gasteiger charge is -2.11. The number of hydrogen-bond acceptors (Lipinski definition) is 1. The zero-order chi connectivity index (χ0) is 10.3. The zero-order valence-electron chi connectivity index (χ0n) is 8.67. The average molecular weight is 181 g/mol. The van der Waals surface area contributed by atoms with Gasteiger partial charge in [-0.3, -0.25) is 4.99 Å². The van der Waals surface area contributed by atoms with Crippen LogP contribution in [-0.4, -0.2) is 18.5 Å². The summed E-state index contributed by atoms with van der Waals surface area (Å²) < 4.78 is 0. The molecule has 13 heavy (non-hydrogen) atoms. The number of terminal acetylenes is 1. The third-order valence-corrected chi connectivity index (χ3v) is 1.56. The predicted octanol–water partition coefficient (Wildman–Crippen LogP) is 0.959. The van der Waals surface area contributed by atoms with Gasteiger partial charge in [0, 0.05) is 6.54 Å². The van der Waals surface area contributed by atoms with Gasteiger partial charge >= 0.3 is 0 Å². The van der Waals surface area contributed by atoms with Crippen molar-refractivity contribution >= 4 is 5.96 Å². The molecule has 0 aliphatic rings. The molecule has 0 rings (SSSR count). The smallest absolute Gasteiger partial charge is 0.189 e. The molecule has 74 valence electrons. The summed E-state index contributed by atoms with van der Waals surface area (Å²) in [5.74, 6) is 3.56. The highest BCUT2D eigenvalue weighted by molar-refractivity contribution is 5.78. The maximum atomic E-state index is 5.62. The Hall–Kier alpha value is -1.17. The summed E-state index contributed by atoms with van der Waals surface area (Å²) in [5.41, 5.74) is 5.62. The monoisotopic (exact) mass is 181 g/mol. The summed E-state index contributed by atoms with van der Waals surface area (Å²) >= 11 is 0. The highest BCUT2D eigenvalue weighted by Gasteiger charge is 2.01. The molecule has 0 aliphatic heterocycles. The van der Waals surface area contributed by atoms with Crippen LogP contribution in [0.2, 0.25) is 0 Å². The predicted molar refractivity (Wildman–Crippen MR) is 57.4 cm³/mol. The lowest BCUT2D eigenvalue weighted by Crippen LogP contribution is -2.39. The fraction of sp³-hybridized carbons (Fsp3) is 0.700. The molecule has 0 fully saturated rings. The van der Waals surface area contributed by atoms with Gasteiger partial charge in [-0.1, -0.05) is 26.7 Å². The normalized spacial score (nSPS) is 13.9. The van der Waals surface area contributed by atoms with E-state index >= 15 is 0 Å². The first-order valence-electron chi connectivity index (χ1n) is 4.62. The fourth-order valence-electron chi connectivity index (χ4n) is 0.767. The molecule has 0 aliphatic carbocycles. The van der Waals surface area contributed by atoms with Crippen LogP contribution in [0.1, 0.15) is 27.2 Å². The van der Waals surface area contributed by atoms with Gasteiger partial charge in [0.2, 0.25) is 0 Å². The molecule has 1 unspecified atom stereocenters. The summed E-state index contributed by atoms with van der Waals surface area (Å²) in [6, 6.07) is -0.00378. The van der Waals surface area contributed by atoms with Crippen molar-refractivity contribution in [3.05, 3.63) is 0 Å². The van der Waals surface area contributed by atoms with Crippen molar-refractivity contribution in [3.8, 4) is 12.3 Å². The third-order valence-electron chi connectivity index (χ3n) is 1.56. The number of guanidine groups is 1. The summed E-state index contributed by atoms with van der Waals surface area (Å²) in [6.45, 7) is 6.93. The molecule has 0 bridgehead atoms. The molecule has 0 aromatic rings. The van der Waals surface area contributed by atoms with E-state index in [9.17, 15) is 0 Å². The molecule has 0 aromatic heterocycles. The van der Waals surface area contributed by atoms with Crippen molar-refractivity contribution in [3.63, 3.8) is 0 Å². The maximum absolute atomic E-state index is 5.62. The standard InChI is InChI=1S/C10H19N3/c1-5-9(6-2)13-10(11)12-7-8(3)4/h1,8-9H,6-7H2,2-4H3,(H3,11,12,13). The topological polar surface area (TPSA) is 50.4 Å². The molecular weight excluding hydrogens is 162 g/mol. The molecule has 0 spiro atoms. The molecule has 3 N–H and O–H groups in total. The molecular formula is C10H19N3. The van der Waals surface area contributed by atoms with Crippen LogP contribution in [0, 0.1) is 18.3 Å². The molecule has 0 radical (unpaired) electrons. The van der Waals surface area contributed by atoms with E-state index in [-0.39, 0.29) is 6.04 Å². The Balaban J connectivity index is 3.91. The minimum atomic E-state index is -0.00378. The van der Waals surface area contributed by atoms with Crippen LogP contribution in [0.15, 0.2) is 4.99 Å². The van der Waals surface area contributed by atoms with Crippen LogP contribution in [-0.2, 0) is 0 Å². The largest absolute Gasteiger partial charge is 0.370 e. The molecule has 1 atom stereocenters. The molecule has 0 saturated heterocycles. The van der Waals surface area contributed by atoms with Crippen LogP contribution >= 0.6 is 0 Å². The minimum Gasteiger partial charge on any atom is -0.370 e. The first-order valence-corrected chi connectivity index (χ1v) is 4.62. The van der Waals surface area contributed by atoms with Gasteiger partial charge in [-0.05, 0) is 12.3 Å². The van der Waals surface area contributed by atoms with Gasteiger partial charge < -0.3 is 11.1 Å². The number of rotatable bonds is 4. The van der Waals surface area contributed by atoms with Gasteiger partial charge in [-0.15, -0.1) is 6.42 Å². The van der Waals surface area contributed by atoms with E-state index in [2.05, 4.69) is 30.1 Å². The van der Waals surface area contributed by atoms with E-state index in [4.69, 9.17) is 12.2 Å². The maximum Gasteiger partial charge on any atom is 0.189 e. The lowest BCUT2D eigenvalue weighted by molar-refractivity contribution is 0.654. The Bertz CT molecular complexity index is 201. The summed E-state index contributed by atoms with van der Waals surface area (Å²) in [6.07, 6.45) is 6.12. The Labute approximate surface area is 80.8 Å². The second-order valence-electron chi connectivity index (χ2n) is 3.39. The van der Waals surface area contributed by atoms with Gasteiger partial charge in [0.15, 0.2) is 5.96 Å². The van der Waals surface area contributed by atoms with E-state index in [1.54, 1.807) is 0 Å². The van der Waals surface area contributed by atoms with Crippen LogP contribution in [0.4, 0.5) is 0 Å². The first-order chi connectivity index (χ1) is 6.10. The average Bonchev–Trinajstić information content (AvgIpc) is 2.10. The SMILES string of the molecule is C#CC(CC)NC(N)=NCC(C)C. The van der Waals surface area contributed by atoms with Gasteiger partial charge in [0.25, 0.3) is 0 Å². The van der Waals surface area contributed by atoms with E-state index in [0.29, 0.717) is 11.9 Å².